The molecule has 0 fully saturated rings. The molecule has 2 aromatic heterocycles. The SMILES string of the molecule is O=C(Cc1cccs1)NCCc1n[nH]c(=O)[nH]1. The quantitative estimate of drug-likeness (QED) is 0.703. The number of nitrogens with one attached hydrogen (secondary N) is 3. The van der Waals surface area contributed by atoms with E-state index in [-0.39, 0.29) is 11.6 Å². The second kappa shape index (κ2) is 5.44. The highest BCUT2D eigenvalue weighted by Crippen LogP contribution is 2.08. The number of rotatable bonds is 5. The van der Waals surface area contributed by atoms with Crippen molar-refractivity contribution in [3.63, 3.8) is 0 Å². The number of carbonyl (C=O) groups is 1. The van der Waals surface area contributed by atoms with E-state index in [2.05, 4.69) is 20.5 Å². The Morgan fingerprint density at radius 2 is 2.41 bits per heavy atom. The van der Waals surface area contributed by atoms with Crippen molar-refractivity contribution in [1.82, 2.24) is 20.5 Å². The number of hydrogen-bond donors (Lipinski definition) is 3. The molecule has 1 amide bonds. The van der Waals surface area contributed by atoms with Crippen LogP contribution < -0.4 is 11.0 Å². The summed E-state index contributed by atoms with van der Waals surface area (Å²) in [6, 6.07) is 3.84. The van der Waals surface area contributed by atoms with Crippen LogP contribution in [-0.4, -0.2) is 27.6 Å². The number of hydrogen-bond acceptors (Lipinski definition) is 4. The van der Waals surface area contributed by atoms with E-state index < -0.39 is 0 Å². The molecule has 0 bridgehead atoms. The zero-order chi connectivity index (χ0) is 12.1. The highest BCUT2D eigenvalue weighted by atomic mass is 32.1. The molecule has 0 atom stereocenters. The molecule has 2 rings (SSSR count). The predicted octanol–water partition coefficient (Wildman–Crippen LogP) is 0.0609. The molecule has 0 aliphatic heterocycles. The lowest BCUT2D eigenvalue weighted by atomic mass is 10.3. The molecular weight excluding hydrogens is 240 g/mol. The third-order valence-corrected chi connectivity index (χ3v) is 3.03. The van der Waals surface area contributed by atoms with Gasteiger partial charge in [0.25, 0.3) is 0 Å². The highest BCUT2D eigenvalue weighted by molar-refractivity contribution is 7.10. The molecule has 90 valence electrons. The van der Waals surface area contributed by atoms with Gasteiger partial charge < -0.3 is 5.32 Å². The molecule has 0 aliphatic rings. The van der Waals surface area contributed by atoms with E-state index in [4.69, 9.17) is 0 Å². The minimum Gasteiger partial charge on any atom is -0.355 e. The number of amides is 1. The molecule has 0 unspecified atom stereocenters. The van der Waals surface area contributed by atoms with Crippen molar-refractivity contribution >= 4 is 17.2 Å². The smallest absolute Gasteiger partial charge is 0.340 e. The van der Waals surface area contributed by atoms with Crippen molar-refractivity contribution in [1.29, 1.82) is 0 Å². The molecule has 2 aromatic rings. The van der Waals surface area contributed by atoms with Crippen molar-refractivity contribution in [2.24, 2.45) is 0 Å². The van der Waals surface area contributed by atoms with Gasteiger partial charge in [-0.15, -0.1) is 11.3 Å². The molecule has 2 heterocycles. The average molecular weight is 252 g/mol. The van der Waals surface area contributed by atoms with Crippen LogP contribution in [0.4, 0.5) is 0 Å². The Balaban J connectivity index is 1.71. The third kappa shape index (κ3) is 3.56. The molecule has 0 saturated heterocycles. The largest absolute Gasteiger partial charge is 0.355 e. The normalized spacial score (nSPS) is 10.4. The van der Waals surface area contributed by atoms with Gasteiger partial charge in [0.05, 0.1) is 6.42 Å². The minimum atomic E-state index is -0.329. The summed E-state index contributed by atoms with van der Waals surface area (Å²) in [7, 11) is 0. The van der Waals surface area contributed by atoms with E-state index >= 15 is 0 Å². The standard InChI is InChI=1S/C10H12N4O2S/c15-9(6-7-2-1-5-17-7)11-4-3-8-12-10(16)14-13-8/h1-2,5H,3-4,6H2,(H,11,15)(H2,12,13,14,16). The van der Waals surface area contributed by atoms with Crippen LogP contribution in [0, 0.1) is 0 Å². The minimum absolute atomic E-state index is 0.0228. The Morgan fingerprint density at radius 3 is 3.06 bits per heavy atom. The van der Waals surface area contributed by atoms with Crippen LogP contribution in [0.3, 0.4) is 0 Å². The highest BCUT2D eigenvalue weighted by Gasteiger charge is 2.04. The van der Waals surface area contributed by atoms with Crippen molar-refractivity contribution < 1.29 is 4.79 Å². The average Bonchev–Trinajstić information content (AvgIpc) is 2.90. The van der Waals surface area contributed by atoms with E-state index in [0.29, 0.717) is 25.2 Å². The summed E-state index contributed by atoms with van der Waals surface area (Å²) in [5.74, 6) is 0.525. The van der Waals surface area contributed by atoms with Gasteiger partial charge in [0, 0.05) is 17.8 Å². The van der Waals surface area contributed by atoms with Crippen LogP contribution in [-0.2, 0) is 17.6 Å². The topological polar surface area (TPSA) is 90.6 Å². The third-order valence-electron chi connectivity index (χ3n) is 2.15. The molecule has 17 heavy (non-hydrogen) atoms. The molecule has 0 aromatic carbocycles. The fourth-order valence-corrected chi connectivity index (χ4v) is 2.08. The second-order valence-corrected chi connectivity index (χ2v) is 4.51. The lowest BCUT2D eigenvalue weighted by molar-refractivity contribution is -0.120. The fourth-order valence-electron chi connectivity index (χ4n) is 1.38. The summed E-state index contributed by atoms with van der Waals surface area (Å²) in [6.45, 7) is 0.463. The van der Waals surface area contributed by atoms with Gasteiger partial charge in [-0.25, -0.2) is 9.89 Å². The monoisotopic (exact) mass is 252 g/mol. The van der Waals surface area contributed by atoms with Gasteiger partial charge in [0.1, 0.15) is 5.82 Å². The first-order chi connectivity index (χ1) is 8.24. The Kier molecular flexibility index (Phi) is 3.71. The summed E-state index contributed by atoms with van der Waals surface area (Å²) in [4.78, 5) is 25.8. The van der Waals surface area contributed by atoms with Crippen LogP contribution >= 0.6 is 11.3 Å². The van der Waals surface area contributed by atoms with Gasteiger partial charge in [-0.3, -0.25) is 9.78 Å². The molecule has 0 spiro atoms. The molecule has 6 nitrogen and oxygen atoms in total. The van der Waals surface area contributed by atoms with E-state index in [9.17, 15) is 9.59 Å². The molecule has 7 heteroatoms. The number of nitrogens with zero attached hydrogens (tertiary/aromatic N) is 1. The van der Waals surface area contributed by atoms with E-state index in [1.165, 1.54) is 0 Å². The second-order valence-electron chi connectivity index (χ2n) is 3.48. The first kappa shape index (κ1) is 11.6. The first-order valence-electron chi connectivity index (χ1n) is 5.16. The molecule has 0 radical (unpaired) electrons. The Hall–Kier alpha value is -1.89. The Labute approximate surface area is 101 Å². The maximum atomic E-state index is 11.5. The van der Waals surface area contributed by atoms with Crippen molar-refractivity contribution in [3.05, 3.63) is 38.7 Å². The van der Waals surface area contributed by atoms with Gasteiger partial charge in [-0.2, -0.15) is 5.10 Å². The van der Waals surface area contributed by atoms with Gasteiger partial charge >= 0.3 is 5.69 Å². The Bertz CT molecular complexity index is 529. The van der Waals surface area contributed by atoms with Gasteiger partial charge in [-0.1, -0.05) is 6.07 Å². The summed E-state index contributed by atoms with van der Waals surface area (Å²) in [6.07, 6.45) is 0.906. The van der Waals surface area contributed by atoms with Crippen LogP contribution in [0.5, 0.6) is 0 Å². The zero-order valence-corrected chi connectivity index (χ0v) is 9.84. The summed E-state index contributed by atoms with van der Waals surface area (Å²) >= 11 is 1.56. The van der Waals surface area contributed by atoms with Gasteiger partial charge in [0.2, 0.25) is 5.91 Å². The van der Waals surface area contributed by atoms with Gasteiger partial charge in [-0.05, 0) is 11.4 Å². The first-order valence-corrected chi connectivity index (χ1v) is 6.04. The van der Waals surface area contributed by atoms with Crippen LogP contribution in [0.25, 0.3) is 0 Å². The maximum absolute atomic E-state index is 11.5. The Morgan fingerprint density at radius 1 is 1.53 bits per heavy atom. The predicted molar refractivity (Wildman–Crippen MR) is 63.9 cm³/mol. The number of aromatic amines is 2. The lowest BCUT2D eigenvalue weighted by Gasteiger charge is -2.01. The fraction of sp³-hybridized carbons (Fsp3) is 0.300. The summed E-state index contributed by atoms with van der Waals surface area (Å²) < 4.78 is 0. The van der Waals surface area contributed by atoms with Crippen molar-refractivity contribution in [2.75, 3.05) is 6.54 Å². The van der Waals surface area contributed by atoms with E-state index in [1.807, 2.05) is 17.5 Å². The molecule has 0 aliphatic carbocycles. The number of thiophene rings is 1. The van der Waals surface area contributed by atoms with Gasteiger partial charge in [0.15, 0.2) is 0 Å². The van der Waals surface area contributed by atoms with E-state index in [1.54, 1.807) is 11.3 Å². The van der Waals surface area contributed by atoms with Crippen molar-refractivity contribution in [3.8, 4) is 0 Å². The van der Waals surface area contributed by atoms with Crippen LogP contribution in [0.1, 0.15) is 10.7 Å². The zero-order valence-electron chi connectivity index (χ0n) is 9.03. The summed E-state index contributed by atoms with van der Waals surface area (Å²) in [5.41, 5.74) is -0.329. The molecule has 0 saturated carbocycles. The van der Waals surface area contributed by atoms with Crippen LogP contribution in [0.15, 0.2) is 22.3 Å². The maximum Gasteiger partial charge on any atom is 0.340 e. The van der Waals surface area contributed by atoms with Crippen molar-refractivity contribution in [2.45, 2.75) is 12.8 Å². The molecular formula is C10H12N4O2S. The van der Waals surface area contributed by atoms with Crippen LogP contribution in [0.2, 0.25) is 0 Å². The number of aromatic nitrogens is 3. The lowest BCUT2D eigenvalue weighted by Crippen LogP contribution is -2.27. The number of carbonyl (C=O) groups excluding carboxylic acids is 1. The molecule has 3 N–H and O–H groups in total. The summed E-state index contributed by atoms with van der Waals surface area (Å²) in [5, 5.41) is 10.7. The van der Waals surface area contributed by atoms with E-state index in [0.717, 1.165) is 4.88 Å². The number of H-pyrrole nitrogens is 2.